The van der Waals surface area contributed by atoms with Gasteiger partial charge < -0.3 is 4.90 Å². The van der Waals surface area contributed by atoms with Crippen molar-refractivity contribution in [1.29, 1.82) is 0 Å². The average molecular weight is 832 g/mol. The number of anilines is 3. The Morgan fingerprint density at radius 2 is 0.750 bits per heavy atom. The zero-order valence-electron chi connectivity index (χ0n) is 35.0. The minimum atomic E-state index is 1.12. The van der Waals surface area contributed by atoms with E-state index in [1.165, 1.54) is 97.4 Å². The van der Waals surface area contributed by atoms with Gasteiger partial charge in [0.2, 0.25) is 0 Å². The maximum atomic E-state index is 2.43. The number of hydrogen-bond acceptors (Lipinski definition) is 2. The van der Waals surface area contributed by atoms with Crippen LogP contribution in [0.4, 0.5) is 17.1 Å². The molecule has 0 atom stereocenters. The first-order valence-corrected chi connectivity index (χ1v) is 22.7. The highest BCUT2D eigenvalue weighted by molar-refractivity contribution is 7.25. The van der Waals surface area contributed by atoms with Crippen LogP contribution in [-0.4, -0.2) is 0 Å². The van der Waals surface area contributed by atoms with Crippen molar-refractivity contribution in [1.82, 2.24) is 0 Å². The first-order valence-electron chi connectivity index (χ1n) is 21.9. The Labute approximate surface area is 377 Å². The molecule has 0 amide bonds. The van der Waals surface area contributed by atoms with Gasteiger partial charge in [0, 0.05) is 36.9 Å². The maximum Gasteiger partial charge on any atom is 0.0540 e. The van der Waals surface area contributed by atoms with Gasteiger partial charge in [-0.15, -0.1) is 11.3 Å². The van der Waals surface area contributed by atoms with Gasteiger partial charge in [-0.05, 0) is 108 Å². The summed E-state index contributed by atoms with van der Waals surface area (Å²) in [5.41, 5.74) is 15.4. The van der Waals surface area contributed by atoms with Crippen LogP contribution in [0.3, 0.4) is 0 Å². The van der Waals surface area contributed by atoms with E-state index in [1.807, 2.05) is 11.3 Å². The van der Waals surface area contributed by atoms with Gasteiger partial charge in [0.15, 0.2) is 0 Å². The summed E-state index contributed by atoms with van der Waals surface area (Å²) in [7, 11) is 0. The predicted octanol–water partition coefficient (Wildman–Crippen LogP) is 18.2. The number of hydrogen-bond donors (Lipinski definition) is 0. The van der Waals surface area contributed by atoms with Crippen molar-refractivity contribution >= 4 is 70.1 Å². The fraction of sp³-hybridized carbons (Fsp3) is 0. The molecule has 12 rings (SSSR count). The van der Waals surface area contributed by atoms with Crippen LogP contribution in [0.5, 0.6) is 0 Å². The Hall–Kier alpha value is -8.04. The largest absolute Gasteiger partial charge is 0.310 e. The van der Waals surface area contributed by atoms with Crippen LogP contribution in [0.1, 0.15) is 0 Å². The van der Waals surface area contributed by atoms with Gasteiger partial charge in [-0.1, -0.05) is 212 Å². The molecule has 2 heteroatoms. The fourth-order valence-corrected chi connectivity index (χ4v) is 11.1. The van der Waals surface area contributed by atoms with Crippen molar-refractivity contribution in [2.75, 3.05) is 4.90 Å². The van der Waals surface area contributed by atoms with Crippen molar-refractivity contribution < 1.29 is 0 Å². The minimum Gasteiger partial charge on any atom is -0.310 e. The summed E-state index contributed by atoms with van der Waals surface area (Å²) in [6.07, 6.45) is 0. The molecule has 0 radical (unpaired) electrons. The smallest absolute Gasteiger partial charge is 0.0540 e. The zero-order chi connectivity index (χ0) is 42.4. The zero-order valence-corrected chi connectivity index (χ0v) is 35.8. The van der Waals surface area contributed by atoms with E-state index in [1.54, 1.807) is 0 Å². The summed E-state index contributed by atoms with van der Waals surface area (Å²) in [4.78, 5) is 2.43. The van der Waals surface area contributed by atoms with E-state index in [2.05, 4.69) is 254 Å². The summed E-state index contributed by atoms with van der Waals surface area (Å²) in [5.74, 6) is 0. The molecule has 1 nitrogen and oxygen atoms in total. The van der Waals surface area contributed by atoms with Crippen molar-refractivity contribution in [3.63, 3.8) is 0 Å². The molecule has 11 aromatic carbocycles. The molecule has 0 aliphatic rings. The third kappa shape index (κ3) is 6.38. The summed E-state index contributed by atoms with van der Waals surface area (Å²) in [6.45, 7) is 0. The highest BCUT2D eigenvalue weighted by Gasteiger charge is 2.27. The molecule has 0 fully saturated rings. The highest BCUT2D eigenvalue weighted by atomic mass is 32.1. The number of benzene rings is 11. The number of thiophene rings is 1. The predicted molar refractivity (Wildman–Crippen MR) is 276 cm³/mol. The lowest BCUT2D eigenvalue weighted by Gasteiger charge is -2.28. The maximum absolute atomic E-state index is 2.43. The third-order valence-electron chi connectivity index (χ3n) is 12.7. The lowest BCUT2D eigenvalue weighted by atomic mass is 9.77. The van der Waals surface area contributed by atoms with E-state index >= 15 is 0 Å². The second-order valence-corrected chi connectivity index (χ2v) is 17.4. The second-order valence-electron chi connectivity index (χ2n) is 16.3. The van der Waals surface area contributed by atoms with Gasteiger partial charge in [0.1, 0.15) is 0 Å². The first kappa shape index (κ1) is 37.7. The summed E-state index contributed by atoms with van der Waals surface area (Å²) < 4.78 is 2.59. The fourth-order valence-electron chi connectivity index (χ4n) is 9.92. The van der Waals surface area contributed by atoms with Crippen LogP contribution in [0.25, 0.3) is 97.4 Å². The molecular weight excluding hydrogens is 791 g/mol. The molecular formula is C62H41NS. The Bertz CT molecular complexity index is 3630. The molecule has 0 aliphatic heterocycles. The topological polar surface area (TPSA) is 3.24 Å². The lowest BCUT2D eigenvalue weighted by molar-refractivity contribution is 1.30. The number of nitrogens with zero attached hydrogens (tertiary/aromatic N) is 1. The molecule has 0 spiro atoms. The molecule has 0 saturated carbocycles. The van der Waals surface area contributed by atoms with Crippen molar-refractivity contribution in [2.24, 2.45) is 0 Å². The number of fused-ring (bicyclic) bond motifs is 5. The highest BCUT2D eigenvalue weighted by Crippen LogP contribution is 2.54. The Kier molecular flexibility index (Phi) is 9.43. The molecule has 1 heterocycles. The van der Waals surface area contributed by atoms with E-state index in [0.717, 1.165) is 17.1 Å². The SMILES string of the molecule is c1ccc(-c2c(-c3ccccc3)c(-c3ccccc3)c3c(-c4ccc(N(c5ccccc5)c5ccc6c(c5)sc5ccccc56)c5ccccc45)cccc3c2-c2ccccc2)cc1. The van der Waals surface area contributed by atoms with Crippen LogP contribution >= 0.6 is 11.3 Å². The quantitative estimate of drug-likeness (QED) is 0.147. The molecule has 0 aliphatic carbocycles. The molecule has 300 valence electrons. The molecule has 0 bridgehead atoms. The van der Waals surface area contributed by atoms with Crippen molar-refractivity contribution in [3.05, 3.63) is 249 Å². The lowest BCUT2D eigenvalue weighted by Crippen LogP contribution is -2.10. The van der Waals surface area contributed by atoms with Gasteiger partial charge >= 0.3 is 0 Å². The normalized spacial score (nSPS) is 11.4. The van der Waals surface area contributed by atoms with Gasteiger partial charge in [0.05, 0.1) is 5.69 Å². The Morgan fingerprint density at radius 3 is 1.39 bits per heavy atom. The van der Waals surface area contributed by atoms with Gasteiger partial charge in [0.25, 0.3) is 0 Å². The van der Waals surface area contributed by atoms with Gasteiger partial charge in [-0.2, -0.15) is 0 Å². The van der Waals surface area contributed by atoms with Crippen molar-refractivity contribution in [2.45, 2.75) is 0 Å². The molecule has 64 heavy (non-hydrogen) atoms. The third-order valence-corrected chi connectivity index (χ3v) is 13.8. The van der Waals surface area contributed by atoms with Crippen LogP contribution < -0.4 is 4.90 Å². The number of rotatable bonds is 8. The van der Waals surface area contributed by atoms with Gasteiger partial charge in [-0.25, -0.2) is 0 Å². The summed E-state index contributed by atoms with van der Waals surface area (Å²) in [6, 6.07) is 91.1. The minimum absolute atomic E-state index is 1.12. The Balaban J connectivity index is 1.18. The molecule has 0 saturated heterocycles. The molecule has 0 N–H and O–H groups in total. The monoisotopic (exact) mass is 831 g/mol. The van der Waals surface area contributed by atoms with E-state index in [0.29, 0.717) is 0 Å². The van der Waals surface area contributed by atoms with Crippen LogP contribution in [0.15, 0.2) is 249 Å². The Morgan fingerprint density at radius 1 is 0.266 bits per heavy atom. The van der Waals surface area contributed by atoms with Gasteiger partial charge in [-0.3, -0.25) is 0 Å². The summed E-state index contributed by atoms with van der Waals surface area (Å²) in [5, 5.41) is 7.44. The van der Waals surface area contributed by atoms with E-state index in [9.17, 15) is 0 Å². The van der Waals surface area contributed by atoms with Crippen LogP contribution in [0.2, 0.25) is 0 Å². The molecule has 1 aromatic heterocycles. The second kappa shape index (κ2) is 16.0. The average Bonchev–Trinajstić information content (AvgIpc) is 3.75. The molecule has 0 unspecified atom stereocenters. The van der Waals surface area contributed by atoms with Crippen LogP contribution in [0, 0.1) is 0 Å². The standard InChI is InChI=1S/C62H41NS/c1-6-21-42(22-7-1)58-54-35-20-34-53(62(54)61(45-27-12-4-13-28-45)60(44-25-10-3-11-26-44)59(58)43-23-8-2-9-24-43)49-39-40-55(50-32-17-16-31-48(49)50)63(46-29-14-5-15-30-46)47-37-38-52-51-33-18-19-36-56(51)64-57(52)41-47/h1-41H. The van der Waals surface area contributed by atoms with Crippen molar-refractivity contribution in [3.8, 4) is 55.6 Å². The van der Waals surface area contributed by atoms with E-state index < -0.39 is 0 Å². The first-order chi connectivity index (χ1) is 31.8. The van der Waals surface area contributed by atoms with Crippen LogP contribution in [-0.2, 0) is 0 Å². The van der Waals surface area contributed by atoms with E-state index in [-0.39, 0.29) is 0 Å². The number of para-hydroxylation sites is 1. The van der Waals surface area contributed by atoms with E-state index in [4.69, 9.17) is 0 Å². The summed E-state index contributed by atoms with van der Waals surface area (Å²) >= 11 is 1.86. The molecule has 12 aromatic rings.